The first kappa shape index (κ1) is 27.4. The van der Waals surface area contributed by atoms with E-state index in [-0.39, 0.29) is 25.4 Å². The Hall–Kier alpha value is -3.63. The molecule has 0 aliphatic carbocycles. The molecule has 3 amide bonds. The largest absolute Gasteiger partial charge is 0.391 e. The summed E-state index contributed by atoms with van der Waals surface area (Å²) in [5.74, 6) is -1.18. The Bertz CT molecular complexity index is 1290. The monoisotopic (exact) mass is 535 g/mol. The highest BCUT2D eigenvalue weighted by atomic mass is 32.1. The fraction of sp³-hybridized carbons (Fsp3) is 0.393. The predicted octanol–water partition coefficient (Wildman–Crippen LogP) is 2.94. The third kappa shape index (κ3) is 6.25. The number of carbonyl (C=O) groups excluding carboxylic acids is 3. The number of benzene rings is 1. The summed E-state index contributed by atoms with van der Waals surface area (Å²) in [7, 11) is 0. The number of likely N-dealkylation sites (tertiary alicyclic amines) is 1. The van der Waals surface area contributed by atoms with E-state index in [4.69, 9.17) is 0 Å². The van der Waals surface area contributed by atoms with Crippen molar-refractivity contribution in [2.45, 2.75) is 58.8 Å². The van der Waals surface area contributed by atoms with Gasteiger partial charge in [-0.15, -0.1) is 11.3 Å². The minimum absolute atomic E-state index is 0.0230. The summed E-state index contributed by atoms with van der Waals surface area (Å²) in [6, 6.07) is 9.42. The van der Waals surface area contributed by atoms with Crippen molar-refractivity contribution in [1.29, 1.82) is 0 Å². The summed E-state index contributed by atoms with van der Waals surface area (Å²) >= 11 is 1.58. The number of β-amino-alcohol motifs (C(OH)–C–C–N with tert-alkyl or cyclic N) is 1. The number of aryl methyl sites for hydroxylation is 1. The zero-order chi connectivity index (χ0) is 27.4. The molecule has 3 heterocycles. The van der Waals surface area contributed by atoms with Gasteiger partial charge in [0.15, 0.2) is 0 Å². The van der Waals surface area contributed by atoms with Crippen LogP contribution in [-0.4, -0.2) is 62.4 Å². The summed E-state index contributed by atoms with van der Waals surface area (Å²) in [6.45, 7) is 7.82. The topological polar surface area (TPSA) is 125 Å². The highest BCUT2D eigenvalue weighted by Gasteiger charge is 2.44. The molecule has 1 saturated heterocycles. The molecule has 200 valence electrons. The third-order valence-corrected chi connectivity index (χ3v) is 7.58. The summed E-state index contributed by atoms with van der Waals surface area (Å²) in [5.41, 5.74) is 4.47. The number of aliphatic hydroxyl groups excluding tert-OH is 1. The average Bonchev–Trinajstić information content (AvgIpc) is 3.50. The number of hydrogen-bond acceptors (Lipinski definition) is 7. The molecule has 2 aromatic heterocycles. The smallest absolute Gasteiger partial charge is 0.253 e. The van der Waals surface area contributed by atoms with Gasteiger partial charge in [0.1, 0.15) is 12.1 Å². The number of rotatable bonds is 7. The molecular formula is C28H33N5O4S. The van der Waals surface area contributed by atoms with Crippen molar-refractivity contribution in [3.63, 3.8) is 0 Å². The Morgan fingerprint density at radius 2 is 1.92 bits per heavy atom. The van der Waals surface area contributed by atoms with Gasteiger partial charge >= 0.3 is 0 Å². The number of hydrogen-bond donors (Lipinski definition) is 3. The van der Waals surface area contributed by atoms with Gasteiger partial charge in [-0.1, -0.05) is 45.0 Å². The molecule has 1 fully saturated rings. The molecule has 1 aromatic carbocycles. The van der Waals surface area contributed by atoms with E-state index in [2.05, 4.69) is 20.6 Å². The van der Waals surface area contributed by atoms with E-state index in [1.807, 2.05) is 57.5 Å². The van der Waals surface area contributed by atoms with Crippen molar-refractivity contribution in [2.24, 2.45) is 5.41 Å². The van der Waals surface area contributed by atoms with Crippen LogP contribution in [0.1, 0.15) is 48.8 Å². The highest BCUT2D eigenvalue weighted by molar-refractivity contribution is 7.13. The second kappa shape index (κ2) is 11.4. The minimum atomic E-state index is -0.904. The fourth-order valence-electron chi connectivity index (χ4n) is 4.49. The van der Waals surface area contributed by atoms with Crippen LogP contribution in [-0.2, 0) is 16.1 Å². The van der Waals surface area contributed by atoms with Gasteiger partial charge in [-0.3, -0.25) is 19.4 Å². The molecule has 0 unspecified atom stereocenters. The number of aliphatic hydroxyl groups is 1. The van der Waals surface area contributed by atoms with Crippen LogP contribution >= 0.6 is 11.3 Å². The van der Waals surface area contributed by atoms with Gasteiger partial charge in [-0.2, -0.15) is 0 Å². The van der Waals surface area contributed by atoms with Gasteiger partial charge in [0.25, 0.3) is 5.91 Å². The van der Waals surface area contributed by atoms with Crippen LogP contribution in [0.25, 0.3) is 10.4 Å². The number of carbonyl (C=O) groups is 3. The lowest BCUT2D eigenvalue weighted by atomic mass is 9.85. The number of aromatic nitrogens is 2. The molecule has 3 atom stereocenters. The standard InChI is InChI=1S/C28H33N5O4S/c1-17-23(38-16-31-17)19-9-7-18(8-10-19)13-30-26(36)22-12-21(34)15-33(22)27(37)24(28(2,3)4)32-25(35)20-6-5-11-29-14-20/h5-11,14,16,21-22,24,34H,12-13,15H2,1-4H3,(H,30,36)(H,32,35)/t21-,22+,24-/m1/s1. The molecule has 3 aromatic rings. The van der Waals surface area contributed by atoms with Gasteiger partial charge in [-0.05, 0) is 35.6 Å². The lowest BCUT2D eigenvalue weighted by Gasteiger charge is -2.35. The summed E-state index contributed by atoms with van der Waals surface area (Å²) in [4.78, 5) is 50.4. The number of nitrogens with one attached hydrogen (secondary N) is 2. The number of thiazole rings is 1. The predicted molar refractivity (Wildman–Crippen MR) is 145 cm³/mol. The highest BCUT2D eigenvalue weighted by Crippen LogP contribution is 2.28. The van der Waals surface area contributed by atoms with Gasteiger partial charge in [0.05, 0.1) is 27.7 Å². The molecule has 3 N–H and O–H groups in total. The molecular weight excluding hydrogens is 502 g/mol. The Morgan fingerprint density at radius 1 is 1.18 bits per heavy atom. The van der Waals surface area contributed by atoms with Gasteiger partial charge in [-0.25, -0.2) is 4.98 Å². The number of nitrogens with zero attached hydrogens (tertiary/aromatic N) is 3. The van der Waals surface area contributed by atoms with Crippen LogP contribution in [0.15, 0.2) is 54.3 Å². The van der Waals surface area contributed by atoms with E-state index in [9.17, 15) is 19.5 Å². The van der Waals surface area contributed by atoms with E-state index in [1.165, 1.54) is 11.1 Å². The van der Waals surface area contributed by atoms with Crippen LogP contribution in [0.2, 0.25) is 0 Å². The Labute approximate surface area is 226 Å². The third-order valence-electron chi connectivity index (χ3n) is 6.61. The second-order valence-corrected chi connectivity index (χ2v) is 11.4. The summed E-state index contributed by atoms with van der Waals surface area (Å²) in [5, 5.41) is 16.1. The summed E-state index contributed by atoms with van der Waals surface area (Å²) in [6.07, 6.45) is 2.30. The first-order valence-corrected chi connectivity index (χ1v) is 13.4. The average molecular weight is 536 g/mol. The van der Waals surface area contributed by atoms with Crippen molar-refractivity contribution in [1.82, 2.24) is 25.5 Å². The molecule has 0 bridgehead atoms. The first-order valence-electron chi connectivity index (χ1n) is 12.5. The van der Waals surface area contributed by atoms with E-state index in [1.54, 1.807) is 29.7 Å². The Morgan fingerprint density at radius 3 is 2.53 bits per heavy atom. The molecule has 0 radical (unpaired) electrons. The quantitative estimate of drug-likeness (QED) is 0.427. The lowest BCUT2D eigenvalue weighted by molar-refractivity contribution is -0.142. The zero-order valence-electron chi connectivity index (χ0n) is 22.0. The molecule has 0 spiro atoms. The molecule has 1 aliphatic heterocycles. The van der Waals surface area contributed by atoms with Crippen molar-refractivity contribution < 1.29 is 19.5 Å². The van der Waals surface area contributed by atoms with Gasteiger partial charge in [0, 0.05) is 31.9 Å². The second-order valence-electron chi connectivity index (χ2n) is 10.6. The zero-order valence-corrected chi connectivity index (χ0v) is 22.8. The fourth-order valence-corrected chi connectivity index (χ4v) is 5.30. The SMILES string of the molecule is Cc1ncsc1-c1ccc(CNC(=O)[C@@H]2C[C@@H](O)CN2C(=O)[C@@H](NC(=O)c2cccnc2)C(C)(C)C)cc1. The maximum atomic E-state index is 13.7. The Balaban J connectivity index is 1.43. The summed E-state index contributed by atoms with van der Waals surface area (Å²) < 4.78 is 0. The van der Waals surface area contributed by atoms with Gasteiger partial charge < -0.3 is 20.6 Å². The lowest BCUT2D eigenvalue weighted by Crippen LogP contribution is -2.57. The van der Waals surface area contributed by atoms with Crippen molar-refractivity contribution in [2.75, 3.05) is 6.54 Å². The van der Waals surface area contributed by atoms with E-state index in [0.29, 0.717) is 5.56 Å². The van der Waals surface area contributed by atoms with Crippen molar-refractivity contribution in [3.05, 3.63) is 71.1 Å². The van der Waals surface area contributed by atoms with Crippen molar-refractivity contribution in [3.8, 4) is 10.4 Å². The molecule has 10 heteroatoms. The molecule has 9 nitrogen and oxygen atoms in total. The van der Waals surface area contributed by atoms with Crippen LogP contribution in [0, 0.1) is 12.3 Å². The van der Waals surface area contributed by atoms with E-state index < -0.39 is 35.4 Å². The number of pyridine rings is 1. The minimum Gasteiger partial charge on any atom is -0.391 e. The molecule has 0 saturated carbocycles. The Kier molecular flexibility index (Phi) is 8.23. The molecule has 4 rings (SSSR count). The number of amides is 3. The van der Waals surface area contributed by atoms with Crippen LogP contribution in [0.5, 0.6) is 0 Å². The normalized spacial score (nSPS) is 18.2. The van der Waals surface area contributed by atoms with Crippen molar-refractivity contribution >= 4 is 29.1 Å². The van der Waals surface area contributed by atoms with E-state index in [0.717, 1.165) is 21.7 Å². The van der Waals surface area contributed by atoms with Crippen LogP contribution in [0.4, 0.5) is 0 Å². The molecule has 38 heavy (non-hydrogen) atoms. The maximum absolute atomic E-state index is 13.7. The van der Waals surface area contributed by atoms with Crippen LogP contribution < -0.4 is 10.6 Å². The van der Waals surface area contributed by atoms with Gasteiger partial charge in [0.2, 0.25) is 11.8 Å². The maximum Gasteiger partial charge on any atom is 0.253 e. The first-order chi connectivity index (χ1) is 18.0. The van der Waals surface area contributed by atoms with E-state index >= 15 is 0 Å². The van der Waals surface area contributed by atoms with Crippen LogP contribution in [0.3, 0.4) is 0 Å². The molecule has 1 aliphatic rings.